The number of phenolic OH excluding ortho intramolecular Hbond substituents is 1. The van der Waals surface area contributed by atoms with Crippen LogP contribution in [-0.4, -0.2) is 85.2 Å². The molecule has 6 rings (SSSR count). The Morgan fingerprint density at radius 3 is 2.42 bits per heavy atom. The smallest absolute Gasteiger partial charge is 0.258 e. The number of rotatable bonds is 17. The minimum atomic E-state index is -1.43. The van der Waals surface area contributed by atoms with Crippen LogP contribution >= 0.6 is 0 Å². The highest BCUT2D eigenvalue weighted by molar-refractivity contribution is 6.30. The SMILES string of the molecule is CCCCCCCCOCOc1cc2cc3c(c(O)c2c2c1C(=O)N(C)C2)C(=O)C(C(O)CC1OCCO1)=C(COCc1ccccc1)C3=O. The number of unbranched alkanes of at least 4 members (excludes halogenated alkanes) is 5. The van der Waals surface area contributed by atoms with E-state index in [4.69, 9.17) is 23.7 Å². The van der Waals surface area contributed by atoms with Crippen LogP contribution in [0.5, 0.6) is 11.5 Å². The van der Waals surface area contributed by atoms with E-state index in [-0.39, 0.29) is 77.9 Å². The first kappa shape index (κ1) is 35.7. The summed E-state index contributed by atoms with van der Waals surface area (Å²) in [5.41, 5.74) is 1.21. The molecule has 3 aliphatic rings. The van der Waals surface area contributed by atoms with Crippen molar-refractivity contribution in [1.29, 1.82) is 0 Å². The first-order chi connectivity index (χ1) is 24.3. The third kappa shape index (κ3) is 7.47. The normalized spacial score (nSPS) is 16.9. The summed E-state index contributed by atoms with van der Waals surface area (Å²) in [5, 5.41) is 23.9. The second-order valence-electron chi connectivity index (χ2n) is 13.0. The van der Waals surface area contributed by atoms with Crippen molar-refractivity contribution in [2.24, 2.45) is 0 Å². The molecule has 1 atom stereocenters. The van der Waals surface area contributed by atoms with Gasteiger partial charge >= 0.3 is 0 Å². The molecule has 0 aromatic heterocycles. The maximum atomic E-state index is 14.3. The number of amides is 1. The maximum absolute atomic E-state index is 14.3. The van der Waals surface area contributed by atoms with Crippen LogP contribution in [0.25, 0.3) is 10.8 Å². The lowest BCUT2D eigenvalue weighted by Gasteiger charge is -2.27. The Morgan fingerprint density at radius 2 is 1.66 bits per heavy atom. The van der Waals surface area contributed by atoms with Crippen molar-refractivity contribution in [3.63, 3.8) is 0 Å². The zero-order valence-electron chi connectivity index (χ0n) is 28.7. The molecule has 3 aromatic carbocycles. The van der Waals surface area contributed by atoms with Gasteiger partial charge in [0.1, 0.15) is 11.5 Å². The van der Waals surface area contributed by atoms with E-state index in [0.29, 0.717) is 30.8 Å². The van der Waals surface area contributed by atoms with E-state index >= 15 is 0 Å². The molecule has 1 amide bonds. The largest absolute Gasteiger partial charge is 0.506 e. The van der Waals surface area contributed by atoms with Crippen LogP contribution in [0.2, 0.25) is 0 Å². The molecule has 3 aromatic rings. The number of ether oxygens (including phenoxy) is 5. The summed E-state index contributed by atoms with van der Waals surface area (Å²) in [6.45, 7) is 3.43. The molecule has 1 unspecified atom stereocenters. The molecule has 0 radical (unpaired) electrons. The third-order valence-electron chi connectivity index (χ3n) is 9.48. The number of Topliss-reactive ketones (excluding diaryl/α,β-unsaturated/α-hetero) is 2. The predicted molar refractivity (Wildman–Crippen MR) is 184 cm³/mol. The summed E-state index contributed by atoms with van der Waals surface area (Å²) in [7, 11) is 1.64. The molecular weight excluding hydrogens is 642 g/mol. The first-order valence-corrected chi connectivity index (χ1v) is 17.5. The van der Waals surface area contributed by atoms with E-state index < -0.39 is 29.7 Å². The zero-order chi connectivity index (χ0) is 35.2. The number of aliphatic hydroxyl groups is 1. The Morgan fingerprint density at radius 1 is 0.920 bits per heavy atom. The van der Waals surface area contributed by atoms with E-state index in [1.165, 1.54) is 24.2 Å². The topological polar surface area (TPSA) is 141 Å². The Labute approximate surface area is 291 Å². The van der Waals surface area contributed by atoms with Gasteiger partial charge in [0.05, 0.1) is 50.3 Å². The van der Waals surface area contributed by atoms with E-state index in [1.807, 2.05) is 30.3 Å². The lowest BCUT2D eigenvalue weighted by molar-refractivity contribution is -0.0649. The van der Waals surface area contributed by atoms with Gasteiger partial charge in [-0.2, -0.15) is 0 Å². The van der Waals surface area contributed by atoms with Crippen molar-refractivity contribution >= 4 is 28.2 Å². The number of aromatic hydroxyl groups is 1. The summed E-state index contributed by atoms with van der Waals surface area (Å²) in [6.07, 6.45) is 4.49. The molecule has 0 saturated carbocycles. The second-order valence-corrected chi connectivity index (χ2v) is 13.0. The quantitative estimate of drug-likeness (QED) is 0.131. The molecule has 1 fully saturated rings. The average Bonchev–Trinajstić information content (AvgIpc) is 3.73. The van der Waals surface area contributed by atoms with Crippen molar-refractivity contribution in [3.05, 3.63) is 81.4 Å². The highest BCUT2D eigenvalue weighted by Gasteiger charge is 2.41. The Bertz CT molecular complexity index is 1760. The van der Waals surface area contributed by atoms with Crippen LogP contribution in [0.1, 0.15) is 94.1 Å². The van der Waals surface area contributed by atoms with Crippen molar-refractivity contribution in [1.82, 2.24) is 4.90 Å². The van der Waals surface area contributed by atoms with Crippen LogP contribution in [0, 0.1) is 0 Å². The summed E-state index contributed by atoms with van der Waals surface area (Å²) in [6, 6.07) is 12.5. The number of fused-ring (bicyclic) bond motifs is 4. The number of nitrogens with zero attached hydrogens (tertiary/aromatic N) is 1. The molecule has 11 nitrogen and oxygen atoms in total. The van der Waals surface area contributed by atoms with Crippen LogP contribution in [0.4, 0.5) is 0 Å². The lowest BCUT2D eigenvalue weighted by Crippen LogP contribution is -2.33. The lowest BCUT2D eigenvalue weighted by atomic mass is 9.79. The number of phenols is 1. The van der Waals surface area contributed by atoms with Crippen LogP contribution in [0.3, 0.4) is 0 Å². The van der Waals surface area contributed by atoms with E-state index in [9.17, 15) is 24.6 Å². The van der Waals surface area contributed by atoms with Gasteiger partial charge in [0.2, 0.25) is 0 Å². The van der Waals surface area contributed by atoms with Gasteiger partial charge in [-0.15, -0.1) is 0 Å². The fourth-order valence-electron chi connectivity index (χ4n) is 6.91. The number of aliphatic hydroxyl groups excluding tert-OH is 1. The molecule has 11 heteroatoms. The van der Waals surface area contributed by atoms with Crippen molar-refractivity contribution in [2.75, 3.05) is 40.3 Å². The minimum absolute atomic E-state index is 0.00156. The van der Waals surface area contributed by atoms with Crippen LogP contribution < -0.4 is 4.74 Å². The maximum Gasteiger partial charge on any atom is 0.258 e. The number of ketones is 2. The molecule has 2 N–H and O–H groups in total. The molecule has 1 aliphatic carbocycles. The van der Waals surface area contributed by atoms with Gasteiger partial charge < -0.3 is 38.8 Å². The highest BCUT2D eigenvalue weighted by Crippen LogP contribution is 2.45. The summed E-state index contributed by atoms with van der Waals surface area (Å²) in [4.78, 5) is 43.4. The van der Waals surface area contributed by atoms with Gasteiger partial charge in [-0.25, -0.2) is 0 Å². The van der Waals surface area contributed by atoms with Crippen LogP contribution in [-0.2, 0) is 32.1 Å². The minimum Gasteiger partial charge on any atom is -0.506 e. The van der Waals surface area contributed by atoms with Gasteiger partial charge in [0.25, 0.3) is 5.91 Å². The molecule has 0 bridgehead atoms. The summed E-state index contributed by atoms with van der Waals surface area (Å²) < 4.78 is 28.7. The molecule has 2 aliphatic heterocycles. The van der Waals surface area contributed by atoms with E-state index in [1.54, 1.807) is 19.2 Å². The van der Waals surface area contributed by atoms with E-state index in [0.717, 1.165) is 24.8 Å². The van der Waals surface area contributed by atoms with Gasteiger partial charge in [0, 0.05) is 42.1 Å². The van der Waals surface area contributed by atoms with Crippen molar-refractivity contribution < 1.29 is 48.3 Å². The molecule has 0 spiro atoms. The second kappa shape index (κ2) is 16.3. The zero-order valence-corrected chi connectivity index (χ0v) is 28.7. The number of benzene rings is 3. The van der Waals surface area contributed by atoms with Crippen molar-refractivity contribution in [2.45, 2.75) is 77.4 Å². The first-order valence-electron chi connectivity index (χ1n) is 17.5. The van der Waals surface area contributed by atoms with Gasteiger partial charge in [-0.1, -0.05) is 69.4 Å². The standard InChI is InChI=1S/C39H45NO10/c1-3-4-5-6-7-11-14-46-23-50-30-18-25-17-26-35(37(43)32(25)27-20-40(2)39(45)34(27)30)38(44)33(29(41)19-31-48-15-16-49-31)28(36(26)42)22-47-21-24-12-9-8-10-13-24/h8-10,12-13,17-18,29,31,41,43H,3-7,11,14-16,19-23H2,1-2H3. The fourth-order valence-corrected chi connectivity index (χ4v) is 6.91. The number of hydrogen-bond donors (Lipinski definition) is 2. The third-order valence-corrected chi connectivity index (χ3v) is 9.48. The van der Waals surface area contributed by atoms with Gasteiger partial charge in [0.15, 0.2) is 24.6 Å². The van der Waals surface area contributed by atoms with E-state index in [2.05, 4.69) is 6.92 Å². The van der Waals surface area contributed by atoms with Gasteiger partial charge in [-0.05, 0) is 35.1 Å². The Hall–Kier alpha value is -4.13. The Kier molecular flexibility index (Phi) is 11.6. The molecule has 1 saturated heterocycles. The van der Waals surface area contributed by atoms with Crippen molar-refractivity contribution in [3.8, 4) is 11.5 Å². The monoisotopic (exact) mass is 687 g/mol. The fraction of sp³-hybridized carbons (Fsp3) is 0.462. The number of carbonyl (C=O) groups is 3. The summed E-state index contributed by atoms with van der Waals surface area (Å²) >= 11 is 0. The van der Waals surface area contributed by atoms with Crippen LogP contribution in [0.15, 0.2) is 53.6 Å². The molecule has 266 valence electrons. The predicted octanol–water partition coefficient (Wildman–Crippen LogP) is 5.86. The Balaban J connectivity index is 1.32. The molecule has 2 heterocycles. The summed E-state index contributed by atoms with van der Waals surface area (Å²) in [5.74, 6) is -1.70. The average molecular weight is 688 g/mol. The highest BCUT2D eigenvalue weighted by atomic mass is 16.7. The number of carbonyl (C=O) groups excluding carboxylic acids is 3. The molecular formula is C39H45NO10. The molecule has 50 heavy (non-hydrogen) atoms. The van der Waals surface area contributed by atoms with Gasteiger partial charge in [-0.3, -0.25) is 14.4 Å². The number of hydrogen-bond acceptors (Lipinski definition) is 10.